The smallest absolute Gasteiger partial charge is 0.407 e. The fourth-order valence-electron chi connectivity index (χ4n) is 12.0. The average molecular weight is 1520 g/mol. The summed E-state index contributed by atoms with van der Waals surface area (Å²) in [7, 11) is 9.67. The van der Waals surface area contributed by atoms with Gasteiger partial charge in [0.15, 0.2) is 0 Å². The number of esters is 1. The molecule has 0 bridgehead atoms. The molecule has 0 radical (unpaired) electrons. The lowest BCUT2D eigenvalue weighted by atomic mass is 9.89. The number of benzene rings is 1. The Hall–Kier alpha value is -8.60. The molecule has 1 aliphatic rings. The highest BCUT2D eigenvalue weighted by Crippen LogP contribution is 2.30. The summed E-state index contributed by atoms with van der Waals surface area (Å²) in [5.74, 6) is -10.0. The predicted molar refractivity (Wildman–Crippen MR) is 394 cm³/mol. The molecule has 12 amide bonds. The van der Waals surface area contributed by atoms with Gasteiger partial charge in [-0.15, -0.1) is 0 Å². The van der Waals surface area contributed by atoms with E-state index in [1.807, 2.05) is 81.3 Å². The number of alkyl carbamates (subject to hydrolysis) is 1. The highest BCUT2D eigenvalue weighted by molar-refractivity contribution is 5.93. The summed E-state index contributed by atoms with van der Waals surface area (Å²) < 4.78 is 32.9. The van der Waals surface area contributed by atoms with Crippen LogP contribution in [0.25, 0.3) is 0 Å². The summed E-state index contributed by atoms with van der Waals surface area (Å²) in [4.78, 5) is 190. The number of hydrogen-bond acceptors (Lipinski definition) is 21. The van der Waals surface area contributed by atoms with Crippen molar-refractivity contribution in [1.82, 2.24) is 67.9 Å². The number of carbonyl (C=O) groups is 14. The number of methoxy groups -OCH3 is 3. The van der Waals surface area contributed by atoms with E-state index in [9.17, 15) is 72.2 Å². The highest BCUT2D eigenvalue weighted by Gasteiger charge is 2.44. The number of nitrogens with zero attached hydrogens (tertiary/aromatic N) is 3. The van der Waals surface area contributed by atoms with E-state index in [0.29, 0.717) is 32.4 Å². The zero-order valence-electron chi connectivity index (χ0n) is 65.8. The Kier molecular flexibility index (Phi) is 43.6. The monoisotopic (exact) mass is 1520 g/mol. The Morgan fingerprint density at radius 3 is 1.84 bits per heavy atom. The standard InChI is InChI=1S/C73H123N13O21/c1-18-46(6)63(85(14)69(97)61(44(2)3)83-68(96)62(45(4)5)84(12)13)54(103-16)40-60(92)86-34-22-26-53(86)64(104-17)47(7)65(93)82-50(38-49-24-20-19-21-25-49)66(94)75-30-23-35-106-71(100)48(8)79-58(90)39-51(70(98)99)80-57(89)28-32-77-72(101)107-42-52(67(95)76-33-37-102-15)81-59(91)41-78-55(87)27-31-74-56(88)29-36-105-43-73(9,10)11/h19-21,24-25,44-48,50-54,61-64H,18,22-23,26-43H2,1-17H3,(H,74,88)(H,75,94)(H,76,95)(H,77,101)(H,78,87)(H,79,90)(H,80,89)(H,81,91)(H,82,93)(H,83,96)(H,98,99)/t46-,47+,48?,50-,51?,52?,53-,54+,61+,62-,63-,64+/m0/s1. The Morgan fingerprint density at radius 1 is 0.617 bits per heavy atom. The minimum atomic E-state index is -1.78. The number of carboxylic acid groups (broad SMARTS) is 1. The number of carboxylic acids is 1. The normalized spacial score (nSPS) is 16.0. The highest BCUT2D eigenvalue weighted by atomic mass is 16.6. The fraction of sp³-hybridized carbons (Fsp3) is 0.726. The third-order valence-corrected chi connectivity index (χ3v) is 17.9. The van der Waals surface area contributed by atoms with Crippen molar-refractivity contribution in [2.45, 2.75) is 201 Å². The number of likely N-dealkylation sites (N-methyl/N-ethyl adjacent to an activating group) is 2. The maximum Gasteiger partial charge on any atom is 0.407 e. The Balaban J connectivity index is 1.98. The molecular formula is C73H123N13O21. The lowest BCUT2D eigenvalue weighted by molar-refractivity contribution is -0.148. The zero-order chi connectivity index (χ0) is 80.7. The molecule has 0 aromatic heterocycles. The third-order valence-electron chi connectivity index (χ3n) is 17.9. The molecule has 34 nitrogen and oxygen atoms in total. The summed E-state index contributed by atoms with van der Waals surface area (Å²) in [5, 5.41) is 35.1. The Morgan fingerprint density at radius 2 is 1.24 bits per heavy atom. The van der Waals surface area contributed by atoms with Crippen molar-refractivity contribution in [3.8, 4) is 0 Å². The van der Waals surface area contributed by atoms with Gasteiger partial charge in [-0.2, -0.15) is 0 Å². The molecule has 11 N–H and O–H groups in total. The first kappa shape index (κ1) is 94.5. The van der Waals surface area contributed by atoms with Gasteiger partial charge in [-0.05, 0) is 69.0 Å². The number of ether oxygens (including phenoxy) is 6. The van der Waals surface area contributed by atoms with E-state index in [4.69, 9.17) is 28.4 Å². The van der Waals surface area contributed by atoms with Gasteiger partial charge < -0.3 is 96.5 Å². The molecular weight excluding hydrogens is 1390 g/mol. The van der Waals surface area contributed by atoms with Gasteiger partial charge >= 0.3 is 18.0 Å². The van der Waals surface area contributed by atoms with Crippen LogP contribution in [0.4, 0.5) is 4.79 Å². The molecule has 107 heavy (non-hydrogen) atoms. The molecule has 606 valence electrons. The number of rotatable bonds is 50. The first-order valence-corrected chi connectivity index (χ1v) is 36.7. The second-order valence-electron chi connectivity index (χ2n) is 28.9. The molecule has 1 fully saturated rings. The molecule has 1 aliphatic heterocycles. The maximum absolute atomic E-state index is 14.6. The molecule has 0 saturated carbocycles. The van der Waals surface area contributed by atoms with Crippen LogP contribution in [0, 0.1) is 29.1 Å². The van der Waals surface area contributed by atoms with Crippen molar-refractivity contribution >= 4 is 83.0 Å². The van der Waals surface area contributed by atoms with Gasteiger partial charge in [0.25, 0.3) is 0 Å². The first-order chi connectivity index (χ1) is 50.4. The number of likely N-dealkylation sites (tertiary alicyclic amines) is 1. The molecule has 1 saturated heterocycles. The van der Waals surface area contributed by atoms with Gasteiger partial charge in [-0.3, -0.25) is 57.6 Å². The zero-order valence-corrected chi connectivity index (χ0v) is 65.8. The van der Waals surface area contributed by atoms with E-state index < -0.39 is 158 Å². The summed E-state index contributed by atoms with van der Waals surface area (Å²) in [5.41, 5.74) is 0.675. The van der Waals surface area contributed by atoms with Crippen molar-refractivity contribution in [3.63, 3.8) is 0 Å². The number of amides is 12. The van der Waals surface area contributed by atoms with Crippen LogP contribution in [0.2, 0.25) is 0 Å². The summed E-state index contributed by atoms with van der Waals surface area (Å²) in [6.07, 6.45) is -2.21. The van der Waals surface area contributed by atoms with Gasteiger partial charge in [0, 0.05) is 86.8 Å². The van der Waals surface area contributed by atoms with Crippen LogP contribution in [0.1, 0.15) is 140 Å². The maximum atomic E-state index is 14.6. The van der Waals surface area contributed by atoms with E-state index in [0.717, 1.165) is 5.56 Å². The van der Waals surface area contributed by atoms with Crippen LogP contribution < -0.4 is 53.2 Å². The molecule has 1 aromatic rings. The van der Waals surface area contributed by atoms with Gasteiger partial charge in [-0.1, -0.05) is 106 Å². The van der Waals surface area contributed by atoms with Crippen LogP contribution in [-0.4, -0.2) is 278 Å². The van der Waals surface area contributed by atoms with E-state index in [-0.39, 0.29) is 118 Å². The predicted octanol–water partition coefficient (Wildman–Crippen LogP) is 0.314. The van der Waals surface area contributed by atoms with E-state index in [2.05, 4.69) is 53.2 Å². The second-order valence-corrected chi connectivity index (χ2v) is 28.9. The Labute approximate surface area is 629 Å². The molecule has 1 aromatic carbocycles. The van der Waals surface area contributed by atoms with E-state index in [1.165, 1.54) is 28.3 Å². The third kappa shape index (κ3) is 35.3. The van der Waals surface area contributed by atoms with Crippen LogP contribution in [0.3, 0.4) is 0 Å². The van der Waals surface area contributed by atoms with Crippen molar-refractivity contribution in [2.24, 2.45) is 29.1 Å². The van der Waals surface area contributed by atoms with Gasteiger partial charge in [0.2, 0.25) is 65.0 Å². The summed E-state index contributed by atoms with van der Waals surface area (Å²) >= 11 is 0. The van der Waals surface area contributed by atoms with Crippen LogP contribution in [0.15, 0.2) is 30.3 Å². The number of nitrogens with one attached hydrogen (secondary N) is 10. The minimum Gasteiger partial charge on any atom is -0.480 e. The van der Waals surface area contributed by atoms with E-state index >= 15 is 0 Å². The molecule has 34 heteroatoms. The first-order valence-electron chi connectivity index (χ1n) is 36.7. The van der Waals surface area contributed by atoms with Crippen LogP contribution >= 0.6 is 0 Å². The van der Waals surface area contributed by atoms with Gasteiger partial charge in [0.1, 0.15) is 36.8 Å². The second kappa shape index (κ2) is 49.4. The Bertz CT molecular complexity index is 3020. The molecule has 0 aliphatic carbocycles. The molecule has 2 rings (SSSR count). The molecule has 3 unspecified atom stereocenters. The van der Waals surface area contributed by atoms with Crippen molar-refractivity contribution in [3.05, 3.63) is 35.9 Å². The lowest BCUT2D eigenvalue weighted by Crippen LogP contribution is -2.59. The number of aliphatic carboxylic acids is 1. The van der Waals surface area contributed by atoms with Crippen molar-refractivity contribution in [1.29, 1.82) is 0 Å². The SMILES string of the molecule is CC[C@H](C)[C@@H]([C@@H](CC(=O)N1CCC[C@H]1[C@H](OC)[C@@H](C)C(=O)N[C@@H](Cc1ccccc1)C(=O)NCCCOC(=O)C(C)NC(=O)CC(NC(=O)CCNC(=O)OCC(NC(=O)CNC(=O)CCNC(=O)CCOCC(C)(C)C)C(=O)NCCOC)C(=O)O)OC)N(C)C(=O)[C@H](NC(=O)[C@H](C(C)C)N(C)C)C(C)C. The van der Waals surface area contributed by atoms with E-state index in [1.54, 1.807) is 54.1 Å². The number of carbonyl (C=O) groups excluding carboxylic acids is 13. The van der Waals surface area contributed by atoms with Gasteiger partial charge in [0.05, 0.1) is 82.1 Å². The molecule has 0 spiro atoms. The lowest BCUT2D eigenvalue weighted by Gasteiger charge is -2.41. The van der Waals surface area contributed by atoms with Crippen LogP contribution in [-0.2, 0) is 97.2 Å². The quantitative estimate of drug-likeness (QED) is 0.0309. The average Bonchev–Trinajstić information content (AvgIpc) is 1.79. The molecule has 1 heterocycles. The van der Waals surface area contributed by atoms with Gasteiger partial charge in [-0.25, -0.2) is 14.4 Å². The fourth-order valence-corrected chi connectivity index (χ4v) is 12.0. The topological polar surface area (TPSA) is 445 Å². The minimum absolute atomic E-state index is 0.00964. The van der Waals surface area contributed by atoms with Crippen molar-refractivity contribution in [2.75, 3.05) is 115 Å². The summed E-state index contributed by atoms with van der Waals surface area (Å²) in [6, 6.07) is 0.946. The summed E-state index contributed by atoms with van der Waals surface area (Å²) in [6.45, 7) is 19.8. The van der Waals surface area contributed by atoms with Crippen LogP contribution in [0.5, 0.6) is 0 Å². The molecule has 12 atom stereocenters. The van der Waals surface area contributed by atoms with Crippen molar-refractivity contribution < 1.29 is 101 Å². The number of hydrogen-bond donors (Lipinski definition) is 11. The largest absolute Gasteiger partial charge is 0.480 e.